The van der Waals surface area contributed by atoms with Crippen LogP contribution in [0.5, 0.6) is 0 Å². The summed E-state index contributed by atoms with van der Waals surface area (Å²) in [5.41, 5.74) is 2.95. The lowest BCUT2D eigenvalue weighted by Crippen LogP contribution is -2.48. The van der Waals surface area contributed by atoms with Gasteiger partial charge in [0.15, 0.2) is 0 Å². The molecule has 0 aliphatic carbocycles. The predicted octanol–water partition coefficient (Wildman–Crippen LogP) is 1.74. The average molecular weight is 316 g/mol. The molecule has 122 valence electrons. The van der Waals surface area contributed by atoms with Gasteiger partial charge < -0.3 is 15.3 Å². The Morgan fingerprint density at radius 2 is 2.30 bits per heavy atom. The maximum absolute atomic E-state index is 12.7. The fraction of sp³-hybridized carbons (Fsp3) is 0.438. The Morgan fingerprint density at radius 1 is 1.52 bits per heavy atom. The third kappa shape index (κ3) is 2.99. The van der Waals surface area contributed by atoms with Crippen molar-refractivity contribution in [3.05, 3.63) is 29.5 Å². The molecule has 1 aromatic carbocycles. The van der Waals surface area contributed by atoms with Crippen molar-refractivity contribution < 1.29 is 14.7 Å². The summed E-state index contributed by atoms with van der Waals surface area (Å²) in [6.07, 6.45) is 0.938. The first kappa shape index (κ1) is 15.3. The number of H-pyrrole nitrogens is 1. The molecule has 2 aromatic rings. The van der Waals surface area contributed by atoms with Gasteiger partial charge in [-0.2, -0.15) is 5.10 Å². The van der Waals surface area contributed by atoms with Gasteiger partial charge in [0.05, 0.1) is 11.7 Å². The molecule has 0 radical (unpaired) electrons. The van der Waals surface area contributed by atoms with E-state index in [-0.39, 0.29) is 5.91 Å². The number of fused-ring (bicyclic) bond motifs is 3. The molecule has 0 saturated carbocycles. The van der Waals surface area contributed by atoms with Crippen LogP contribution in [-0.2, 0) is 17.8 Å². The number of aromatic nitrogens is 2. The Labute approximate surface area is 133 Å². The normalized spacial score (nSPS) is 18.1. The van der Waals surface area contributed by atoms with Crippen molar-refractivity contribution in [2.24, 2.45) is 5.92 Å². The molecule has 1 aromatic heterocycles. The van der Waals surface area contributed by atoms with Crippen molar-refractivity contribution >= 4 is 22.9 Å². The van der Waals surface area contributed by atoms with Gasteiger partial charge in [0.1, 0.15) is 6.04 Å². The van der Waals surface area contributed by atoms with E-state index in [1.807, 2.05) is 26.0 Å². The lowest BCUT2D eigenvalue weighted by molar-refractivity contribution is -0.134. The van der Waals surface area contributed by atoms with Gasteiger partial charge >= 0.3 is 6.09 Å². The molecular weight excluding hydrogens is 296 g/mol. The van der Waals surface area contributed by atoms with E-state index in [1.54, 1.807) is 11.1 Å². The molecule has 2 heterocycles. The van der Waals surface area contributed by atoms with Gasteiger partial charge in [-0.3, -0.25) is 9.89 Å². The van der Waals surface area contributed by atoms with E-state index < -0.39 is 12.1 Å². The van der Waals surface area contributed by atoms with Crippen LogP contribution < -0.4 is 5.32 Å². The lowest BCUT2D eigenvalue weighted by Gasteiger charge is -2.26. The number of nitrogens with zero attached hydrogens (tertiary/aromatic N) is 2. The Bertz CT molecular complexity index is 753. The van der Waals surface area contributed by atoms with Gasteiger partial charge in [-0.1, -0.05) is 19.9 Å². The first-order chi connectivity index (χ1) is 11.0. The standard InChI is InChI=1S/C16H20N4O3/c1-9(2)7-20-8-12-10(3-4-13-11(12)6-17-19-13)5-14(15(20)21)18-16(22)23/h3-4,6,9,14,18H,5,7-8H2,1-2H3,(H,17,19)(H,22,23). The number of rotatable bonds is 3. The highest BCUT2D eigenvalue weighted by Crippen LogP contribution is 2.27. The van der Waals surface area contributed by atoms with Gasteiger partial charge in [-0.15, -0.1) is 0 Å². The molecule has 0 saturated heterocycles. The topological polar surface area (TPSA) is 98.3 Å². The molecule has 7 heteroatoms. The number of carboxylic acid groups (broad SMARTS) is 1. The van der Waals surface area contributed by atoms with E-state index in [9.17, 15) is 9.59 Å². The molecule has 1 aliphatic rings. The van der Waals surface area contributed by atoms with Crippen LogP contribution in [0.25, 0.3) is 10.9 Å². The van der Waals surface area contributed by atoms with Crippen LogP contribution in [0.4, 0.5) is 4.79 Å². The first-order valence-corrected chi connectivity index (χ1v) is 7.67. The highest BCUT2D eigenvalue weighted by Gasteiger charge is 2.31. The summed E-state index contributed by atoms with van der Waals surface area (Å²) in [6.45, 7) is 5.14. The Balaban J connectivity index is 2.05. The van der Waals surface area contributed by atoms with Crippen LogP contribution in [0.2, 0.25) is 0 Å². The van der Waals surface area contributed by atoms with E-state index in [4.69, 9.17) is 5.11 Å². The maximum atomic E-state index is 12.7. The second-order valence-corrected chi connectivity index (χ2v) is 6.35. The third-order valence-electron chi connectivity index (χ3n) is 4.10. The van der Waals surface area contributed by atoms with Crippen molar-refractivity contribution in [1.29, 1.82) is 0 Å². The molecule has 1 atom stereocenters. The fourth-order valence-electron chi connectivity index (χ4n) is 3.15. The molecule has 1 aliphatic heterocycles. The minimum Gasteiger partial charge on any atom is -0.465 e. The van der Waals surface area contributed by atoms with Gasteiger partial charge in [0.2, 0.25) is 5.91 Å². The summed E-state index contributed by atoms with van der Waals surface area (Å²) in [7, 11) is 0. The summed E-state index contributed by atoms with van der Waals surface area (Å²) in [4.78, 5) is 25.5. The molecule has 0 spiro atoms. The molecule has 1 unspecified atom stereocenters. The quantitative estimate of drug-likeness (QED) is 0.803. The zero-order valence-electron chi connectivity index (χ0n) is 13.2. The molecular formula is C16H20N4O3. The SMILES string of the molecule is CC(C)CN1Cc2c(ccc3[nH]ncc23)CC(NC(=O)O)C1=O. The van der Waals surface area contributed by atoms with Crippen molar-refractivity contribution in [1.82, 2.24) is 20.4 Å². The van der Waals surface area contributed by atoms with Crippen LogP contribution in [0.3, 0.4) is 0 Å². The number of carbonyl (C=O) groups excluding carboxylic acids is 1. The fourth-order valence-corrected chi connectivity index (χ4v) is 3.15. The lowest BCUT2D eigenvalue weighted by atomic mass is 9.99. The number of amides is 2. The highest BCUT2D eigenvalue weighted by atomic mass is 16.4. The summed E-state index contributed by atoms with van der Waals surface area (Å²) < 4.78 is 0. The number of carbonyl (C=O) groups is 2. The largest absolute Gasteiger partial charge is 0.465 e. The van der Waals surface area contributed by atoms with Crippen molar-refractivity contribution in [2.75, 3.05) is 6.54 Å². The first-order valence-electron chi connectivity index (χ1n) is 7.67. The Morgan fingerprint density at radius 3 is 3.00 bits per heavy atom. The number of hydrogen-bond donors (Lipinski definition) is 3. The van der Waals surface area contributed by atoms with E-state index >= 15 is 0 Å². The van der Waals surface area contributed by atoms with Crippen molar-refractivity contribution in [3.63, 3.8) is 0 Å². The zero-order chi connectivity index (χ0) is 16.6. The van der Waals surface area contributed by atoms with Gasteiger partial charge in [0.25, 0.3) is 0 Å². The molecule has 23 heavy (non-hydrogen) atoms. The Kier molecular flexibility index (Phi) is 3.94. The van der Waals surface area contributed by atoms with E-state index in [0.717, 1.165) is 22.0 Å². The van der Waals surface area contributed by atoms with Gasteiger partial charge in [-0.05, 0) is 23.1 Å². The van der Waals surface area contributed by atoms with E-state index in [2.05, 4.69) is 15.5 Å². The highest BCUT2D eigenvalue weighted by molar-refractivity contribution is 5.89. The predicted molar refractivity (Wildman–Crippen MR) is 85.0 cm³/mol. The third-order valence-corrected chi connectivity index (χ3v) is 4.10. The molecule has 2 amide bonds. The summed E-state index contributed by atoms with van der Waals surface area (Å²) in [5, 5.41) is 19.4. The minimum atomic E-state index is -1.18. The van der Waals surface area contributed by atoms with Gasteiger partial charge in [0, 0.05) is 24.9 Å². The summed E-state index contributed by atoms with van der Waals surface area (Å²) >= 11 is 0. The average Bonchev–Trinajstić information content (AvgIpc) is 2.90. The molecule has 0 bridgehead atoms. The van der Waals surface area contributed by atoms with Crippen LogP contribution >= 0.6 is 0 Å². The summed E-state index contributed by atoms with van der Waals surface area (Å²) in [5.74, 6) is 0.128. The van der Waals surface area contributed by atoms with Crippen LogP contribution in [-0.4, -0.2) is 44.8 Å². The van der Waals surface area contributed by atoms with Crippen molar-refractivity contribution in [2.45, 2.75) is 32.9 Å². The molecule has 0 fully saturated rings. The summed E-state index contributed by atoms with van der Waals surface area (Å²) in [6, 6.07) is 3.11. The Hall–Kier alpha value is -2.57. The van der Waals surface area contributed by atoms with Gasteiger partial charge in [-0.25, -0.2) is 4.79 Å². The number of aromatic amines is 1. The zero-order valence-corrected chi connectivity index (χ0v) is 13.2. The van der Waals surface area contributed by atoms with Crippen molar-refractivity contribution in [3.8, 4) is 0 Å². The van der Waals surface area contributed by atoms with Crippen LogP contribution in [0.1, 0.15) is 25.0 Å². The smallest absolute Gasteiger partial charge is 0.405 e. The maximum Gasteiger partial charge on any atom is 0.405 e. The molecule has 7 nitrogen and oxygen atoms in total. The van der Waals surface area contributed by atoms with E-state index in [1.165, 1.54) is 0 Å². The number of hydrogen-bond acceptors (Lipinski definition) is 3. The molecule has 3 N–H and O–H groups in total. The molecule has 3 rings (SSSR count). The number of nitrogens with one attached hydrogen (secondary N) is 2. The minimum absolute atomic E-state index is 0.172. The van der Waals surface area contributed by atoms with E-state index in [0.29, 0.717) is 25.4 Å². The second-order valence-electron chi connectivity index (χ2n) is 6.35. The monoisotopic (exact) mass is 316 g/mol. The van der Waals surface area contributed by atoms with Crippen LogP contribution in [0.15, 0.2) is 18.3 Å². The van der Waals surface area contributed by atoms with Crippen LogP contribution in [0, 0.1) is 5.92 Å². The number of benzene rings is 1. The second kappa shape index (κ2) is 5.91.